The summed E-state index contributed by atoms with van der Waals surface area (Å²) >= 11 is 0. The molecule has 0 aliphatic heterocycles. The molecule has 0 spiro atoms. The van der Waals surface area contributed by atoms with Gasteiger partial charge in [-0.25, -0.2) is 0 Å². The predicted molar refractivity (Wildman–Crippen MR) is 49.8 cm³/mol. The number of aliphatic hydroxyl groups excluding tert-OH is 5. The molecule has 0 aromatic carbocycles. The third-order valence-corrected chi connectivity index (χ3v) is 1.93. The van der Waals surface area contributed by atoms with Gasteiger partial charge in [-0.05, 0) is 0 Å². The highest BCUT2D eigenvalue weighted by molar-refractivity contribution is 5.73. The van der Waals surface area contributed by atoms with E-state index in [1.54, 1.807) is 0 Å². The van der Waals surface area contributed by atoms with E-state index >= 15 is 0 Å². The molecule has 90 valence electrons. The zero-order valence-electron chi connectivity index (χ0n) is 8.37. The standard InChI is InChI=1S/C8H17NO6/c1-4(12)9-5(2-10)7(14)8(15)6(13)3-11/h5-8,10-11,13-15H,2-3H2,1H3,(H,9,12)/t5?,6?,7-,8+/m1/s1. The van der Waals surface area contributed by atoms with Crippen LogP contribution in [0.1, 0.15) is 6.92 Å². The number of hydrogen-bond donors (Lipinski definition) is 6. The second-order valence-electron chi connectivity index (χ2n) is 3.22. The fraction of sp³-hybridized carbons (Fsp3) is 0.875. The maximum atomic E-state index is 10.7. The van der Waals surface area contributed by atoms with Gasteiger partial charge in [0, 0.05) is 6.92 Å². The molecule has 1 amide bonds. The lowest BCUT2D eigenvalue weighted by molar-refractivity contribution is -0.124. The van der Waals surface area contributed by atoms with Crippen LogP contribution >= 0.6 is 0 Å². The summed E-state index contributed by atoms with van der Waals surface area (Å²) in [5.41, 5.74) is 0. The smallest absolute Gasteiger partial charge is 0.217 e. The van der Waals surface area contributed by atoms with Gasteiger partial charge in [-0.15, -0.1) is 0 Å². The molecule has 0 rings (SSSR count). The highest BCUT2D eigenvalue weighted by Crippen LogP contribution is 2.04. The van der Waals surface area contributed by atoms with Crippen molar-refractivity contribution in [3.8, 4) is 0 Å². The van der Waals surface area contributed by atoms with Gasteiger partial charge >= 0.3 is 0 Å². The number of aliphatic hydroxyl groups is 5. The molecule has 0 saturated carbocycles. The van der Waals surface area contributed by atoms with E-state index in [1.807, 2.05) is 0 Å². The molecular weight excluding hydrogens is 206 g/mol. The molecule has 2 unspecified atom stereocenters. The van der Waals surface area contributed by atoms with Gasteiger partial charge in [-0.1, -0.05) is 0 Å². The summed E-state index contributed by atoms with van der Waals surface area (Å²) in [6, 6.07) is -1.08. The van der Waals surface area contributed by atoms with Crippen LogP contribution in [-0.4, -0.2) is 69.0 Å². The van der Waals surface area contributed by atoms with E-state index in [4.69, 9.17) is 15.3 Å². The summed E-state index contributed by atoms with van der Waals surface area (Å²) < 4.78 is 0. The minimum atomic E-state index is -1.64. The molecule has 0 radical (unpaired) electrons. The van der Waals surface area contributed by atoms with Crippen LogP contribution < -0.4 is 5.32 Å². The summed E-state index contributed by atoms with van der Waals surface area (Å²) in [4.78, 5) is 10.7. The fourth-order valence-corrected chi connectivity index (χ4v) is 1.07. The largest absolute Gasteiger partial charge is 0.394 e. The van der Waals surface area contributed by atoms with Crippen LogP contribution in [0.3, 0.4) is 0 Å². The minimum Gasteiger partial charge on any atom is -0.394 e. The number of amides is 1. The van der Waals surface area contributed by atoms with Gasteiger partial charge < -0.3 is 30.8 Å². The molecule has 0 bridgehead atoms. The van der Waals surface area contributed by atoms with Crippen molar-refractivity contribution in [1.29, 1.82) is 0 Å². The number of hydrogen-bond acceptors (Lipinski definition) is 6. The highest BCUT2D eigenvalue weighted by atomic mass is 16.4. The van der Waals surface area contributed by atoms with Gasteiger partial charge in [0.05, 0.1) is 19.3 Å². The molecule has 0 aliphatic carbocycles. The second-order valence-corrected chi connectivity index (χ2v) is 3.22. The van der Waals surface area contributed by atoms with Crippen LogP contribution in [0.15, 0.2) is 0 Å². The number of rotatable bonds is 6. The Labute approximate surface area is 87.0 Å². The van der Waals surface area contributed by atoms with E-state index in [2.05, 4.69) is 5.32 Å². The van der Waals surface area contributed by atoms with E-state index in [1.165, 1.54) is 6.92 Å². The lowest BCUT2D eigenvalue weighted by atomic mass is 10.0. The quantitative estimate of drug-likeness (QED) is 0.278. The molecule has 15 heavy (non-hydrogen) atoms. The van der Waals surface area contributed by atoms with Crippen LogP contribution in [0.2, 0.25) is 0 Å². The lowest BCUT2D eigenvalue weighted by Crippen LogP contribution is -2.53. The van der Waals surface area contributed by atoms with Crippen molar-refractivity contribution in [3.05, 3.63) is 0 Å². The van der Waals surface area contributed by atoms with Crippen molar-refractivity contribution in [1.82, 2.24) is 5.32 Å². The summed E-state index contributed by atoms with van der Waals surface area (Å²) in [5.74, 6) is -0.487. The lowest BCUT2D eigenvalue weighted by Gasteiger charge is -2.27. The van der Waals surface area contributed by atoms with Crippen molar-refractivity contribution >= 4 is 5.91 Å². The fourth-order valence-electron chi connectivity index (χ4n) is 1.07. The monoisotopic (exact) mass is 223 g/mol. The van der Waals surface area contributed by atoms with Crippen molar-refractivity contribution in [2.24, 2.45) is 0 Å². The topological polar surface area (TPSA) is 130 Å². The van der Waals surface area contributed by atoms with Crippen LogP contribution in [0.4, 0.5) is 0 Å². The maximum absolute atomic E-state index is 10.7. The average Bonchev–Trinajstić information content (AvgIpc) is 2.22. The third-order valence-electron chi connectivity index (χ3n) is 1.93. The van der Waals surface area contributed by atoms with Crippen LogP contribution in [0.5, 0.6) is 0 Å². The molecule has 0 heterocycles. The number of carbonyl (C=O) groups excluding carboxylic acids is 1. The predicted octanol–water partition coefficient (Wildman–Crippen LogP) is -3.44. The Morgan fingerprint density at radius 2 is 1.67 bits per heavy atom. The Hall–Kier alpha value is -0.730. The van der Waals surface area contributed by atoms with E-state index in [0.29, 0.717) is 0 Å². The molecule has 0 aromatic rings. The molecule has 0 aromatic heterocycles. The Morgan fingerprint density at radius 1 is 1.13 bits per heavy atom. The Kier molecular flexibility index (Phi) is 6.37. The van der Waals surface area contributed by atoms with Gasteiger partial charge in [0.25, 0.3) is 0 Å². The van der Waals surface area contributed by atoms with Crippen molar-refractivity contribution < 1.29 is 30.3 Å². The molecule has 6 N–H and O–H groups in total. The summed E-state index contributed by atoms with van der Waals surface area (Å²) in [5, 5.41) is 47.3. The molecule has 7 nitrogen and oxygen atoms in total. The van der Waals surface area contributed by atoms with Crippen molar-refractivity contribution in [2.75, 3.05) is 13.2 Å². The van der Waals surface area contributed by atoms with Crippen LogP contribution in [-0.2, 0) is 4.79 Å². The molecule has 0 fully saturated rings. The summed E-state index contributed by atoms with van der Waals surface area (Å²) in [7, 11) is 0. The van der Waals surface area contributed by atoms with Gasteiger partial charge in [0.1, 0.15) is 18.3 Å². The first-order chi connectivity index (χ1) is 6.93. The van der Waals surface area contributed by atoms with E-state index in [9.17, 15) is 15.0 Å². The Morgan fingerprint density at radius 3 is 2.00 bits per heavy atom. The van der Waals surface area contributed by atoms with E-state index in [0.717, 1.165) is 0 Å². The molecule has 0 saturated heterocycles. The van der Waals surface area contributed by atoms with Gasteiger partial charge in [0.15, 0.2) is 0 Å². The van der Waals surface area contributed by atoms with Crippen molar-refractivity contribution in [3.63, 3.8) is 0 Å². The summed E-state index contributed by atoms with van der Waals surface area (Å²) in [6.07, 6.45) is -4.72. The summed E-state index contributed by atoms with van der Waals surface area (Å²) in [6.45, 7) is -0.128. The molecular formula is C8H17NO6. The molecule has 0 aliphatic rings. The normalized spacial score (nSPS) is 19.1. The molecule has 7 heteroatoms. The average molecular weight is 223 g/mol. The Balaban J connectivity index is 4.35. The second kappa shape index (κ2) is 6.70. The van der Waals surface area contributed by atoms with Gasteiger partial charge in [0.2, 0.25) is 5.91 Å². The SMILES string of the molecule is CC(=O)NC(CO)[C@@H](O)[C@@H](O)C(O)CO. The first-order valence-electron chi connectivity index (χ1n) is 4.47. The van der Waals surface area contributed by atoms with Gasteiger partial charge in [-0.3, -0.25) is 4.79 Å². The number of carbonyl (C=O) groups is 1. The van der Waals surface area contributed by atoms with Gasteiger partial charge in [-0.2, -0.15) is 0 Å². The van der Waals surface area contributed by atoms with Crippen molar-refractivity contribution in [2.45, 2.75) is 31.3 Å². The van der Waals surface area contributed by atoms with E-state index in [-0.39, 0.29) is 0 Å². The zero-order chi connectivity index (χ0) is 12.0. The first kappa shape index (κ1) is 14.3. The van der Waals surface area contributed by atoms with Crippen LogP contribution in [0.25, 0.3) is 0 Å². The Bertz CT molecular complexity index is 200. The first-order valence-corrected chi connectivity index (χ1v) is 4.47. The zero-order valence-corrected chi connectivity index (χ0v) is 8.37. The van der Waals surface area contributed by atoms with E-state index < -0.39 is 43.5 Å². The molecule has 4 atom stereocenters. The minimum absolute atomic E-state index is 0.487. The maximum Gasteiger partial charge on any atom is 0.217 e. The number of nitrogens with one attached hydrogen (secondary N) is 1. The highest BCUT2D eigenvalue weighted by Gasteiger charge is 2.31. The van der Waals surface area contributed by atoms with Crippen LogP contribution in [0, 0.1) is 0 Å². The third kappa shape index (κ3) is 4.54.